The molecular weight excluding hydrogens is 306 g/mol. The van der Waals surface area contributed by atoms with Gasteiger partial charge < -0.3 is 10.0 Å². The van der Waals surface area contributed by atoms with Gasteiger partial charge in [-0.25, -0.2) is 0 Å². The average molecular weight is 325 g/mol. The Labute approximate surface area is 140 Å². The number of aromatic nitrogens is 1. The summed E-state index contributed by atoms with van der Waals surface area (Å²) in [6, 6.07) is 14.1. The van der Waals surface area contributed by atoms with Crippen LogP contribution >= 0.6 is 11.8 Å². The number of phenolic OH excluding ortho intramolecular Hbond substituents is 1. The molecule has 118 valence electrons. The van der Waals surface area contributed by atoms with Crippen molar-refractivity contribution < 1.29 is 5.11 Å². The Morgan fingerprint density at radius 2 is 2.17 bits per heavy atom. The van der Waals surface area contributed by atoms with Gasteiger partial charge in [-0.1, -0.05) is 36.9 Å². The summed E-state index contributed by atoms with van der Waals surface area (Å²) >= 11 is 1.83. The van der Waals surface area contributed by atoms with Gasteiger partial charge in [0.1, 0.15) is 11.8 Å². The highest BCUT2D eigenvalue weighted by Gasteiger charge is 2.45. The van der Waals surface area contributed by atoms with Crippen LogP contribution in [-0.4, -0.2) is 32.0 Å². The standard InChI is InChI=1S/C18H19N3OS/c1-2-13-11-23-18-20-16(15-8-3-4-9-19-15)17(21(13)18)12-6-5-7-14(22)10-12/h3-10,13,16-17,22H,2,11H2,1H3/t13-,16+,17+/m0/s1. The van der Waals surface area contributed by atoms with Crippen LogP contribution in [0, 0.1) is 0 Å². The number of hydrogen-bond donors (Lipinski definition) is 1. The maximum atomic E-state index is 9.92. The molecular formula is C18H19N3OS. The van der Waals surface area contributed by atoms with Crippen molar-refractivity contribution in [2.75, 3.05) is 5.75 Å². The molecule has 23 heavy (non-hydrogen) atoms. The molecule has 0 bridgehead atoms. The first-order chi connectivity index (χ1) is 11.3. The topological polar surface area (TPSA) is 48.7 Å². The van der Waals surface area contributed by atoms with Gasteiger partial charge in [0.25, 0.3) is 0 Å². The van der Waals surface area contributed by atoms with Crippen LogP contribution in [0.15, 0.2) is 53.7 Å². The predicted molar refractivity (Wildman–Crippen MR) is 93.6 cm³/mol. The number of hydrogen-bond acceptors (Lipinski definition) is 5. The fourth-order valence-corrected chi connectivity index (χ4v) is 4.76. The van der Waals surface area contributed by atoms with Gasteiger partial charge in [0, 0.05) is 18.0 Å². The van der Waals surface area contributed by atoms with E-state index in [-0.39, 0.29) is 12.1 Å². The lowest BCUT2D eigenvalue weighted by Crippen LogP contribution is -2.35. The van der Waals surface area contributed by atoms with Crippen molar-refractivity contribution in [3.8, 4) is 5.75 Å². The highest BCUT2D eigenvalue weighted by Crippen LogP contribution is 2.48. The van der Waals surface area contributed by atoms with Gasteiger partial charge in [-0.2, -0.15) is 0 Å². The number of pyridine rings is 1. The van der Waals surface area contributed by atoms with Crippen LogP contribution in [0.5, 0.6) is 5.75 Å². The fraction of sp³-hybridized carbons (Fsp3) is 0.333. The normalized spacial score (nSPS) is 26.2. The van der Waals surface area contributed by atoms with E-state index in [1.165, 1.54) is 0 Å². The molecule has 1 N–H and O–H groups in total. The van der Waals surface area contributed by atoms with Crippen molar-refractivity contribution in [2.24, 2.45) is 4.99 Å². The maximum Gasteiger partial charge on any atom is 0.160 e. The fourth-order valence-electron chi connectivity index (χ4n) is 3.42. The van der Waals surface area contributed by atoms with E-state index < -0.39 is 0 Å². The molecule has 0 spiro atoms. The third kappa shape index (κ3) is 2.49. The summed E-state index contributed by atoms with van der Waals surface area (Å²) in [5.41, 5.74) is 2.08. The maximum absolute atomic E-state index is 9.92. The van der Waals surface area contributed by atoms with Gasteiger partial charge in [0.05, 0.1) is 11.7 Å². The summed E-state index contributed by atoms with van der Waals surface area (Å²) in [4.78, 5) is 11.9. The molecule has 5 heteroatoms. The second-order valence-electron chi connectivity index (χ2n) is 5.93. The Bertz CT molecular complexity index is 734. The molecule has 2 aliphatic rings. The smallest absolute Gasteiger partial charge is 0.160 e. The Hall–Kier alpha value is -2.01. The van der Waals surface area contributed by atoms with Gasteiger partial charge in [-0.15, -0.1) is 0 Å². The molecule has 0 radical (unpaired) electrons. The molecule has 1 fully saturated rings. The average Bonchev–Trinajstić information content (AvgIpc) is 3.14. The van der Waals surface area contributed by atoms with E-state index in [9.17, 15) is 5.11 Å². The van der Waals surface area contributed by atoms with Gasteiger partial charge in [0.2, 0.25) is 0 Å². The number of benzene rings is 1. The van der Waals surface area contributed by atoms with Crippen LogP contribution in [0.25, 0.3) is 0 Å². The monoisotopic (exact) mass is 325 g/mol. The number of aromatic hydroxyl groups is 1. The number of rotatable bonds is 3. The molecule has 0 saturated carbocycles. The van der Waals surface area contributed by atoms with Gasteiger partial charge in [-0.3, -0.25) is 9.98 Å². The molecule has 2 aliphatic heterocycles. The number of fused-ring (bicyclic) bond motifs is 1. The third-order valence-corrected chi connectivity index (χ3v) is 5.67. The van der Waals surface area contributed by atoms with Crippen molar-refractivity contribution in [1.82, 2.24) is 9.88 Å². The van der Waals surface area contributed by atoms with Crippen molar-refractivity contribution in [3.05, 3.63) is 59.9 Å². The lowest BCUT2D eigenvalue weighted by atomic mass is 9.95. The zero-order valence-electron chi connectivity index (χ0n) is 13.0. The third-order valence-electron chi connectivity index (χ3n) is 4.54. The van der Waals surface area contributed by atoms with E-state index >= 15 is 0 Å². The molecule has 1 aromatic carbocycles. The minimum absolute atomic E-state index is 0.0187. The predicted octanol–water partition coefficient (Wildman–Crippen LogP) is 3.77. The quantitative estimate of drug-likeness (QED) is 0.933. The number of nitrogens with zero attached hydrogens (tertiary/aromatic N) is 3. The van der Waals surface area contributed by atoms with E-state index in [1.54, 1.807) is 6.07 Å². The van der Waals surface area contributed by atoms with Crippen molar-refractivity contribution in [3.63, 3.8) is 0 Å². The van der Waals surface area contributed by atoms with Crippen LogP contribution in [-0.2, 0) is 0 Å². The Morgan fingerprint density at radius 3 is 2.91 bits per heavy atom. The van der Waals surface area contributed by atoms with Crippen molar-refractivity contribution >= 4 is 16.9 Å². The van der Waals surface area contributed by atoms with Crippen molar-refractivity contribution in [1.29, 1.82) is 0 Å². The lowest BCUT2D eigenvalue weighted by molar-refractivity contribution is 0.255. The Kier molecular flexibility index (Phi) is 3.73. The molecule has 4 rings (SSSR count). The van der Waals surface area contributed by atoms with Crippen LogP contribution in [0.1, 0.15) is 36.7 Å². The first kappa shape index (κ1) is 14.6. The second-order valence-corrected chi connectivity index (χ2v) is 6.92. The van der Waals surface area contributed by atoms with E-state index in [0.29, 0.717) is 11.8 Å². The van der Waals surface area contributed by atoms with Crippen molar-refractivity contribution in [2.45, 2.75) is 31.5 Å². The van der Waals surface area contributed by atoms with Crippen LogP contribution in [0.2, 0.25) is 0 Å². The zero-order chi connectivity index (χ0) is 15.8. The Balaban J connectivity index is 1.80. The number of aliphatic imine (C=N–C) groups is 1. The molecule has 2 aromatic rings. The summed E-state index contributed by atoms with van der Waals surface area (Å²) in [6.45, 7) is 2.22. The molecule has 1 aromatic heterocycles. The molecule has 0 unspecified atom stereocenters. The molecule has 0 aliphatic carbocycles. The summed E-state index contributed by atoms with van der Waals surface area (Å²) in [7, 11) is 0. The Morgan fingerprint density at radius 1 is 1.26 bits per heavy atom. The molecule has 3 atom stereocenters. The highest BCUT2D eigenvalue weighted by molar-refractivity contribution is 8.14. The van der Waals surface area contributed by atoms with Crippen LogP contribution in [0.3, 0.4) is 0 Å². The van der Waals surface area contributed by atoms with Gasteiger partial charge in [0.15, 0.2) is 5.17 Å². The molecule has 1 saturated heterocycles. The van der Waals surface area contributed by atoms with E-state index in [0.717, 1.165) is 28.6 Å². The summed E-state index contributed by atoms with van der Waals surface area (Å²) in [5.74, 6) is 1.38. The highest BCUT2D eigenvalue weighted by atomic mass is 32.2. The zero-order valence-corrected chi connectivity index (χ0v) is 13.8. The SMILES string of the molecule is CC[C@H]1CSC2=N[C@H](c3ccccn3)[C@@H](c3cccc(O)c3)N21. The largest absolute Gasteiger partial charge is 0.508 e. The number of phenols is 1. The minimum atomic E-state index is -0.0187. The van der Waals surface area contributed by atoms with E-state index in [2.05, 4.69) is 22.9 Å². The van der Waals surface area contributed by atoms with E-state index in [4.69, 9.17) is 4.99 Å². The second kappa shape index (κ2) is 5.89. The van der Waals surface area contributed by atoms with E-state index in [1.807, 2.05) is 48.3 Å². The molecule has 0 amide bonds. The lowest BCUT2D eigenvalue weighted by Gasteiger charge is -2.31. The van der Waals surface area contributed by atoms with Gasteiger partial charge >= 0.3 is 0 Å². The van der Waals surface area contributed by atoms with Gasteiger partial charge in [-0.05, 0) is 36.2 Å². The molecule has 3 heterocycles. The van der Waals surface area contributed by atoms with Crippen LogP contribution in [0.4, 0.5) is 0 Å². The summed E-state index contributed by atoms with van der Waals surface area (Å²) in [5, 5.41) is 11.0. The summed E-state index contributed by atoms with van der Waals surface area (Å²) in [6.07, 6.45) is 2.92. The molecule has 4 nitrogen and oxygen atoms in total. The number of amidine groups is 1. The minimum Gasteiger partial charge on any atom is -0.508 e. The van der Waals surface area contributed by atoms with Crippen LogP contribution < -0.4 is 0 Å². The first-order valence-corrected chi connectivity index (χ1v) is 8.95. The number of thioether (sulfide) groups is 1. The first-order valence-electron chi connectivity index (χ1n) is 7.96. The summed E-state index contributed by atoms with van der Waals surface area (Å²) < 4.78 is 0.